The fourth-order valence-corrected chi connectivity index (χ4v) is 2.84. The summed E-state index contributed by atoms with van der Waals surface area (Å²) in [4.78, 5) is 24.5. The summed E-state index contributed by atoms with van der Waals surface area (Å²) in [6, 6.07) is 8.13. The molecule has 0 amide bonds. The minimum absolute atomic E-state index is 0.123. The second-order valence-electron chi connectivity index (χ2n) is 6.60. The van der Waals surface area contributed by atoms with Gasteiger partial charge in [0.1, 0.15) is 11.5 Å². The van der Waals surface area contributed by atoms with Gasteiger partial charge in [0.25, 0.3) is 0 Å². The van der Waals surface area contributed by atoms with Crippen molar-refractivity contribution < 1.29 is 33.3 Å². The van der Waals surface area contributed by atoms with Gasteiger partial charge in [-0.05, 0) is 30.3 Å². The maximum Gasteiger partial charge on any atom is 0.313 e. The second kappa shape index (κ2) is 8.26. The van der Waals surface area contributed by atoms with E-state index in [-0.39, 0.29) is 23.4 Å². The van der Waals surface area contributed by atoms with Gasteiger partial charge in [0.2, 0.25) is 11.5 Å². The largest absolute Gasteiger partial charge is 0.493 e. The SMILES string of the molecule is COc1ccc(/C=C2\Oc3cc(OC(=O)C(C)C)ccc3C2=O)c(OC)c1OC. The lowest BCUT2D eigenvalue weighted by Gasteiger charge is -2.14. The Hall–Kier alpha value is -3.48. The molecule has 0 radical (unpaired) electrons. The fourth-order valence-electron chi connectivity index (χ4n) is 2.84. The van der Waals surface area contributed by atoms with E-state index >= 15 is 0 Å². The topological polar surface area (TPSA) is 80.3 Å². The van der Waals surface area contributed by atoms with Crippen LogP contribution in [0.25, 0.3) is 6.08 Å². The van der Waals surface area contributed by atoms with Gasteiger partial charge in [-0.15, -0.1) is 0 Å². The van der Waals surface area contributed by atoms with Crippen molar-refractivity contribution in [2.24, 2.45) is 5.92 Å². The summed E-state index contributed by atoms with van der Waals surface area (Å²) in [5.41, 5.74) is 0.979. The van der Waals surface area contributed by atoms with E-state index in [4.69, 9.17) is 23.7 Å². The zero-order valence-electron chi connectivity index (χ0n) is 16.9. The lowest BCUT2D eigenvalue weighted by atomic mass is 10.1. The average molecular weight is 398 g/mol. The molecular formula is C22H22O7. The van der Waals surface area contributed by atoms with Crippen molar-refractivity contribution in [3.8, 4) is 28.7 Å². The van der Waals surface area contributed by atoms with Gasteiger partial charge in [-0.1, -0.05) is 13.8 Å². The van der Waals surface area contributed by atoms with E-state index in [1.54, 1.807) is 44.2 Å². The highest BCUT2D eigenvalue weighted by Gasteiger charge is 2.29. The number of ketones is 1. The van der Waals surface area contributed by atoms with Crippen LogP contribution in [-0.4, -0.2) is 33.1 Å². The van der Waals surface area contributed by atoms with Crippen molar-refractivity contribution >= 4 is 17.8 Å². The summed E-state index contributed by atoms with van der Waals surface area (Å²) in [6.07, 6.45) is 1.57. The lowest BCUT2D eigenvalue weighted by Crippen LogP contribution is -2.14. The molecule has 0 unspecified atom stereocenters. The van der Waals surface area contributed by atoms with Crippen LogP contribution in [0, 0.1) is 5.92 Å². The standard InChI is InChI=1S/C22H22O7/c1-12(2)22(24)28-14-7-8-15-17(11-14)29-18(19(15)23)10-13-6-9-16(25-3)21(27-5)20(13)26-4/h6-12H,1-5H3/b18-10-. The number of esters is 1. The summed E-state index contributed by atoms with van der Waals surface area (Å²) in [5, 5.41) is 0. The molecule has 3 rings (SSSR count). The number of carbonyl (C=O) groups is 2. The van der Waals surface area contributed by atoms with Gasteiger partial charge in [0, 0.05) is 11.6 Å². The molecule has 152 valence electrons. The fraction of sp³-hybridized carbons (Fsp3) is 0.273. The Morgan fingerprint density at radius 2 is 1.72 bits per heavy atom. The van der Waals surface area contributed by atoms with Crippen LogP contribution in [0.15, 0.2) is 36.1 Å². The minimum Gasteiger partial charge on any atom is -0.493 e. The van der Waals surface area contributed by atoms with Crippen LogP contribution < -0.4 is 23.7 Å². The van der Waals surface area contributed by atoms with Crippen LogP contribution in [0.4, 0.5) is 0 Å². The van der Waals surface area contributed by atoms with E-state index in [1.165, 1.54) is 27.4 Å². The molecule has 2 aromatic carbocycles. The molecule has 0 spiro atoms. The van der Waals surface area contributed by atoms with Crippen LogP contribution >= 0.6 is 0 Å². The van der Waals surface area contributed by atoms with Crippen LogP contribution in [0.2, 0.25) is 0 Å². The van der Waals surface area contributed by atoms with Crippen molar-refractivity contribution in [1.82, 2.24) is 0 Å². The number of fused-ring (bicyclic) bond motifs is 1. The zero-order valence-corrected chi connectivity index (χ0v) is 16.9. The molecule has 7 heteroatoms. The number of Topliss-reactive ketones (excluding diaryl/α,β-unsaturated/α-hetero) is 1. The predicted molar refractivity (Wildman–Crippen MR) is 106 cm³/mol. The molecule has 0 saturated carbocycles. The summed E-state index contributed by atoms with van der Waals surface area (Å²) in [7, 11) is 4.53. The molecule has 1 heterocycles. The Labute approximate surface area is 168 Å². The number of carbonyl (C=O) groups excluding carboxylic acids is 2. The summed E-state index contributed by atoms with van der Waals surface area (Å²) < 4.78 is 27.1. The Bertz CT molecular complexity index is 989. The molecule has 0 bridgehead atoms. The van der Waals surface area contributed by atoms with E-state index in [2.05, 4.69) is 0 Å². The molecule has 0 N–H and O–H groups in total. The van der Waals surface area contributed by atoms with Crippen molar-refractivity contribution in [3.63, 3.8) is 0 Å². The number of methoxy groups -OCH3 is 3. The van der Waals surface area contributed by atoms with Crippen molar-refractivity contribution in [2.75, 3.05) is 21.3 Å². The molecule has 0 aliphatic carbocycles. The quantitative estimate of drug-likeness (QED) is 0.415. The summed E-state index contributed by atoms with van der Waals surface area (Å²) in [6.45, 7) is 3.49. The van der Waals surface area contributed by atoms with Gasteiger partial charge < -0.3 is 23.7 Å². The van der Waals surface area contributed by atoms with Gasteiger partial charge in [-0.3, -0.25) is 9.59 Å². The van der Waals surface area contributed by atoms with Crippen molar-refractivity contribution in [3.05, 3.63) is 47.2 Å². The van der Waals surface area contributed by atoms with Crippen LogP contribution in [-0.2, 0) is 4.79 Å². The third-order valence-electron chi connectivity index (χ3n) is 4.35. The van der Waals surface area contributed by atoms with Crippen LogP contribution in [0.5, 0.6) is 28.7 Å². The Morgan fingerprint density at radius 3 is 2.34 bits per heavy atom. The van der Waals surface area contributed by atoms with E-state index < -0.39 is 0 Å². The van der Waals surface area contributed by atoms with Gasteiger partial charge in [0.15, 0.2) is 17.3 Å². The monoisotopic (exact) mass is 398 g/mol. The minimum atomic E-state index is -0.361. The highest BCUT2D eigenvalue weighted by molar-refractivity contribution is 6.14. The summed E-state index contributed by atoms with van der Waals surface area (Å²) in [5.74, 6) is 1.20. The molecule has 7 nitrogen and oxygen atoms in total. The van der Waals surface area contributed by atoms with E-state index in [0.717, 1.165) is 0 Å². The van der Waals surface area contributed by atoms with Gasteiger partial charge >= 0.3 is 5.97 Å². The second-order valence-corrected chi connectivity index (χ2v) is 6.60. The number of rotatable bonds is 6. The average Bonchev–Trinajstić information content (AvgIpc) is 3.02. The molecule has 1 aliphatic heterocycles. The van der Waals surface area contributed by atoms with Gasteiger partial charge in [-0.2, -0.15) is 0 Å². The van der Waals surface area contributed by atoms with E-state index in [0.29, 0.717) is 39.9 Å². The Kier molecular flexibility index (Phi) is 5.77. The normalized spacial score (nSPS) is 13.9. The van der Waals surface area contributed by atoms with Crippen molar-refractivity contribution in [1.29, 1.82) is 0 Å². The molecule has 0 aromatic heterocycles. The third kappa shape index (κ3) is 3.89. The first-order chi connectivity index (χ1) is 13.9. The first-order valence-corrected chi connectivity index (χ1v) is 8.98. The molecular weight excluding hydrogens is 376 g/mol. The first kappa shape index (κ1) is 20.3. The van der Waals surface area contributed by atoms with Gasteiger partial charge in [-0.25, -0.2) is 0 Å². The number of ether oxygens (including phenoxy) is 5. The number of hydrogen-bond acceptors (Lipinski definition) is 7. The van der Waals surface area contributed by atoms with Crippen LogP contribution in [0.1, 0.15) is 29.8 Å². The molecule has 0 fully saturated rings. The van der Waals surface area contributed by atoms with E-state index in [9.17, 15) is 9.59 Å². The van der Waals surface area contributed by atoms with Crippen molar-refractivity contribution in [2.45, 2.75) is 13.8 Å². The maximum absolute atomic E-state index is 12.7. The molecule has 0 atom stereocenters. The number of hydrogen-bond donors (Lipinski definition) is 0. The first-order valence-electron chi connectivity index (χ1n) is 8.98. The third-order valence-corrected chi connectivity index (χ3v) is 4.35. The highest BCUT2D eigenvalue weighted by atomic mass is 16.5. The maximum atomic E-state index is 12.7. The lowest BCUT2D eigenvalue weighted by molar-refractivity contribution is -0.137. The Morgan fingerprint density at radius 1 is 1.00 bits per heavy atom. The molecule has 0 saturated heterocycles. The molecule has 1 aliphatic rings. The Balaban J connectivity index is 1.94. The zero-order chi connectivity index (χ0) is 21.1. The molecule has 2 aromatic rings. The van der Waals surface area contributed by atoms with E-state index in [1.807, 2.05) is 0 Å². The highest BCUT2D eigenvalue weighted by Crippen LogP contribution is 2.42. The predicted octanol–water partition coefficient (Wildman–Crippen LogP) is 3.89. The number of benzene rings is 2. The van der Waals surface area contributed by atoms with Gasteiger partial charge in [0.05, 0.1) is 32.8 Å². The summed E-state index contributed by atoms with van der Waals surface area (Å²) >= 11 is 0. The smallest absolute Gasteiger partial charge is 0.313 e. The number of allylic oxidation sites excluding steroid dienone is 1. The van der Waals surface area contributed by atoms with Crippen LogP contribution in [0.3, 0.4) is 0 Å². The molecule has 29 heavy (non-hydrogen) atoms.